The van der Waals surface area contributed by atoms with Crippen LogP contribution in [0.4, 0.5) is 0 Å². The molecule has 0 aromatic carbocycles. The van der Waals surface area contributed by atoms with Crippen molar-refractivity contribution in [2.75, 3.05) is 19.8 Å². The Hall–Kier alpha value is -0.520. The van der Waals surface area contributed by atoms with E-state index in [0.717, 1.165) is 32.6 Å². The van der Waals surface area contributed by atoms with Crippen LogP contribution in [0.3, 0.4) is 0 Å². The minimum absolute atomic E-state index is 0.403. The number of nitrogens with one attached hydrogen (secondary N) is 1. The monoisotopic (exact) mass is 169 g/mol. The summed E-state index contributed by atoms with van der Waals surface area (Å²) in [5, 5.41) is 3.27. The summed E-state index contributed by atoms with van der Waals surface area (Å²) in [5.74, 6) is 2.62. The van der Waals surface area contributed by atoms with Gasteiger partial charge in [-0.25, -0.2) is 0 Å². The van der Waals surface area contributed by atoms with Gasteiger partial charge in [-0.2, -0.15) is 0 Å². The van der Waals surface area contributed by atoms with E-state index in [9.17, 15) is 0 Å². The van der Waals surface area contributed by atoms with E-state index >= 15 is 0 Å². The quantitative estimate of drug-likeness (QED) is 0.459. The smallest absolute Gasteiger partial charge is 0.0591 e. The van der Waals surface area contributed by atoms with E-state index in [4.69, 9.17) is 11.2 Å². The zero-order chi connectivity index (χ0) is 9.23. The minimum atomic E-state index is 0.403. The van der Waals surface area contributed by atoms with Gasteiger partial charge in [0.1, 0.15) is 0 Å². The minimum Gasteiger partial charge on any atom is -0.380 e. The highest BCUT2D eigenvalue weighted by Gasteiger charge is 1.96. The molecule has 2 heteroatoms. The van der Waals surface area contributed by atoms with E-state index in [-0.39, 0.29) is 0 Å². The fourth-order valence-corrected chi connectivity index (χ4v) is 0.873. The lowest BCUT2D eigenvalue weighted by Crippen LogP contribution is -2.29. The Morgan fingerprint density at radius 2 is 2.25 bits per heavy atom. The Labute approximate surface area is 75.7 Å². The molecule has 0 aliphatic heterocycles. The average molecular weight is 169 g/mol. The Balaban J connectivity index is 3.04. The lowest BCUT2D eigenvalue weighted by molar-refractivity contribution is 0.135. The molecule has 0 fully saturated rings. The van der Waals surface area contributed by atoms with Gasteiger partial charge in [-0.15, -0.1) is 12.3 Å². The van der Waals surface area contributed by atoms with Gasteiger partial charge in [-0.3, -0.25) is 0 Å². The third kappa shape index (κ3) is 7.59. The predicted molar refractivity (Wildman–Crippen MR) is 52.0 cm³/mol. The molecule has 0 aliphatic carbocycles. The first-order valence-corrected chi connectivity index (χ1v) is 4.55. The van der Waals surface area contributed by atoms with Crippen molar-refractivity contribution >= 4 is 0 Å². The van der Waals surface area contributed by atoms with E-state index in [0.29, 0.717) is 6.04 Å². The third-order valence-corrected chi connectivity index (χ3v) is 1.51. The van der Waals surface area contributed by atoms with Crippen molar-refractivity contribution in [1.82, 2.24) is 5.32 Å². The number of ether oxygens (including phenoxy) is 1. The van der Waals surface area contributed by atoms with Crippen LogP contribution in [0.1, 0.15) is 26.7 Å². The highest BCUT2D eigenvalue weighted by molar-refractivity contribution is 4.87. The molecule has 70 valence electrons. The van der Waals surface area contributed by atoms with Crippen LogP contribution in [0, 0.1) is 12.3 Å². The normalized spacial score (nSPS) is 12.4. The summed E-state index contributed by atoms with van der Waals surface area (Å²) < 4.78 is 5.30. The van der Waals surface area contributed by atoms with E-state index < -0.39 is 0 Å². The van der Waals surface area contributed by atoms with Crippen molar-refractivity contribution in [2.45, 2.75) is 32.7 Å². The van der Waals surface area contributed by atoms with Gasteiger partial charge < -0.3 is 10.1 Å². The maximum absolute atomic E-state index is 5.30. The van der Waals surface area contributed by atoms with Gasteiger partial charge in [0.15, 0.2) is 0 Å². The first-order valence-electron chi connectivity index (χ1n) is 4.55. The molecule has 0 radical (unpaired) electrons. The Morgan fingerprint density at radius 3 is 2.83 bits per heavy atom. The van der Waals surface area contributed by atoms with Crippen molar-refractivity contribution < 1.29 is 4.74 Å². The van der Waals surface area contributed by atoms with Gasteiger partial charge in [0.2, 0.25) is 0 Å². The summed E-state index contributed by atoms with van der Waals surface area (Å²) in [4.78, 5) is 0. The summed E-state index contributed by atoms with van der Waals surface area (Å²) in [6.07, 6.45) is 7.03. The van der Waals surface area contributed by atoms with E-state index in [1.54, 1.807) is 0 Å². The maximum atomic E-state index is 5.30. The number of terminal acetylenes is 1. The molecule has 0 heterocycles. The highest BCUT2D eigenvalue weighted by atomic mass is 16.5. The second-order valence-corrected chi connectivity index (χ2v) is 2.88. The second kappa shape index (κ2) is 8.58. The average Bonchev–Trinajstić information content (AvgIpc) is 2.05. The molecule has 1 N–H and O–H groups in total. The van der Waals surface area contributed by atoms with Crippen molar-refractivity contribution in [3.05, 3.63) is 0 Å². The Kier molecular flexibility index (Phi) is 8.20. The zero-order valence-electron chi connectivity index (χ0n) is 8.10. The molecule has 0 bridgehead atoms. The summed E-state index contributed by atoms with van der Waals surface area (Å²) in [6.45, 7) is 6.71. The van der Waals surface area contributed by atoms with Crippen LogP contribution in [0.2, 0.25) is 0 Å². The topological polar surface area (TPSA) is 21.3 Å². The molecule has 1 unspecified atom stereocenters. The Bertz CT molecular complexity index is 128. The van der Waals surface area contributed by atoms with E-state index in [2.05, 4.69) is 25.1 Å². The van der Waals surface area contributed by atoms with Crippen LogP contribution in [-0.2, 0) is 4.74 Å². The molecule has 0 aliphatic rings. The largest absolute Gasteiger partial charge is 0.380 e. The van der Waals surface area contributed by atoms with Gasteiger partial charge in [-0.1, -0.05) is 6.92 Å². The summed E-state index contributed by atoms with van der Waals surface area (Å²) in [5.41, 5.74) is 0. The fourth-order valence-electron chi connectivity index (χ4n) is 0.873. The highest BCUT2D eigenvalue weighted by Crippen LogP contribution is 1.86. The number of rotatable bonds is 7. The van der Waals surface area contributed by atoms with Gasteiger partial charge in [0.05, 0.1) is 6.61 Å². The molecular weight excluding hydrogens is 150 g/mol. The molecule has 0 rings (SSSR count). The SMILES string of the molecule is C#CCC(C)NCCOCCC. The summed E-state index contributed by atoms with van der Waals surface area (Å²) in [7, 11) is 0. The predicted octanol–water partition coefficient (Wildman–Crippen LogP) is 1.41. The first-order chi connectivity index (χ1) is 5.81. The molecular formula is C10H19NO. The zero-order valence-corrected chi connectivity index (χ0v) is 8.10. The molecule has 12 heavy (non-hydrogen) atoms. The van der Waals surface area contributed by atoms with Crippen molar-refractivity contribution in [3.8, 4) is 12.3 Å². The summed E-state index contributed by atoms with van der Waals surface area (Å²) in [6, 6.07) is 0.403. The van der Waals surface area contributed by atoms with Crippen molar-refractivity contribution in [2.24, 2.45) is 0 Å². The second-order valence-electron chi connectivity index (χ2n) is 2.88. The molecule has 0 saturated heterocycles. The number of hydrogen-bond acceptors (Lipinski definition) is 2. The first kappa shape index (κ1) is 11.5. The van der Waals surface area contributed by atoms with Gasteiger partial charge in [-0.05, 0) is 13.3 Å². The lowest BCUT2D eigenvalue weighted by atomic mass is 10.2. The maximum Gasteiger partial charge on any atom is 0.0591 e. The van der Waals surface area contributed by atoms with Crippen molar-refractivity contribution in [3.63, 3.8) is 0 Å². The summed E-state index contributed by atoms with van der Waals surface area (Å²) >= 11 is 0. The van der Waals surface area contributed by atoms with Crippen molar-refractivity contribution in [1.29, 1.82) is 0 Å². The van der Waals surface area contributed by atoms with Crippen LogP contribution in [0.5, 0.6) is 0 Å². The molecule has 0 aromatic heterocycles. The standard InChI is InChI=1S/C10H19NO/c1-4-6-10(3)11-7-9-12-8-5-2/h1,10-11H,5-9H2,2-3H3. The van der Waals surface area contributed by atoms with Gasteiger partial charge in [0.25, 0.3) is 0 Å². The molecule has 0 amide bonds. The van der Waals surface area contributed by atoms with Gasteiger partial charge >= 0.3 is 0 Å². The van der Waals surface area contributed by atoms with E-state index in [1.807, 2.05) is 0 Å². The van der Waals surface area contributed by atoms with Crippen LogP contribution < -0.4 is 5.32 Å². The third-order valence-electron chi connectivity index (χ3n) is 1.51. The lowest BCUT2D eigenvalue weighted by Gasteiger charge is -2.10. The van der Waals surface area contributed by atoms with Crippen LogP contribution in [0.15, 0.2) is 0 Å². The fraction of sp³-hybridized carbons (Fsp3) is 0.800. The van der Waals surface area contributed by atoms with Crippen LogP contribution in [0.25, 0.3) is 0 Å². The molecule has 2 nitrogen and oxygen atoms in total. The molecule has 0 aromatic rings. The van der Waals surface area contributed by atoms with E-state index in [1.165, 1.54) is 0 Å². The van der Waals surface area contributed by atoms with Crippen LogP contribution in [-0.4, -0.2) is 25.8 Å². The van der Waals surface area contributed by atoms with Gasteiger partial charge in [0, 0.05) is 25.6 Å². The Morgan fingerprint density at radius 1 is 1.50 bits per heavy atom. The van der Waals surface area contributed by atoms with Crippen LogP contribution >= 0.6 is 0 Å². The number of hydrogen-bond donors (Lipinski definition) is 1. The molecule has 0 saturated carbocycles. The molecule has 1 atom stereocenters. The molecule has 0 spiro atoms.